The van der Waals surface area contributed by atoms with Crippen LogP contribution in [0.5, 0.6) is 5.75 Å². The van der Waals surface area contributed by atoms with Crippen molar-refractivity contribution in [3.8, 4) is 5.75 Å². The maximum absolute atomic E-state index is 5.62. The molecule has 0 spiro atoms. The van der Waals surface area contributed by atoms with E-state index >= 15 is 0 Å². The number of methoxy groups -OCH3 is 1. The zero-order chi connectivity index (χ0) is 14.7. The van der Waals surface area contributed by atoms with Gasteiger partial charge in [0.2, 0.25) is 0 Å². The number of hydrogen-bond acceptors (Lipinski definition) is 3. The predicted octanol–water partition coefficient (Wildman–Crippen LogP) is 4.83. The molecule has 0 aliphatic carbocycles. The Kier molecular flexibility index (Phi) is 5.24. The quantitative estimate of drug-likeness (QED) is 0.830. The van der Waals surface area contributed by atoms with E-state index in [4.69, 9.17) is 4.74 Å². The van der Waals surface area contributed by atoms with Gasteiger partial charge in [0.25, 0.3) is 0 Å². The zero-order valence-corrected chi connectivity index (χ0v) is 14.7. The highest BCUT2D eigenvalue weighted by atomic mass is 79.9. The van der Waals surface area contributed by atoms with Crippen molar-refractivity contribution >= 4 is 27.3 Å². The Balaban J connectivity index is 2.58. The monoisotopic (exact) mass is 353 g/mol. The lowest BCUT2D eigenvalue weighted by molar-refractivity contribution is 0.403. The van der Waals surface area contributed by atoms with E-state index in [-0.39, 0.29) is 6.04 Å². The second-order valence-corrected chi connectivity index (χ2v) is 6.62. The molecule has 1 unspecified atom stereocenters. The fourth-order valence-electron chi connectivity index (χ4n) is 2.52. The van der Waals surface area contributed by atoms with Gasteiger partial charge in [-0.15, -0.1) is 11.3 Å². The van der Waals surface area contributed by atoms with E-state index in [1.165, 1.54) is 21.6 Å². The Morgan fingerprint density at radius 3 is 2.65 bits per heavy atom. The molecule has 1 aromatic carbocycles. The molecule has 0 radical (unpaired) electrons. The number of aryl methyl sites for hydroxylation is 2. The number of rotatable bonds is 5. The molecular weight excluding hydrogens is 334 g/mol. The van der Waals surface area contributed by atoms with Crippen LogP contribution in [0, 0.1) is 13.8 Å². The second-order valence-electron chi connectivity index (χ2n) is 4.82. The van der Waals surface area contributed by atoms with Crippen molar-refractivity contribution in [2.45, 2.75) is 26.8 Å². The van der Waals surface area contributed by atoms with Gasteiger partial charge in [0.1, 0.15) is 5.75 Å². The van der Waals surface area contributed by atoms with Gasteiger partial charge in [0, 0.05) is 14.9 Å². The smallest absolute Gasteiger partial charge is 0.124 e. The van der Waals surface area contributed by atoms with Crippen LogP contribution in [-0.2, 0) is 0 Å². The molecule has 20 heavy (non-hydrogen) atoms. The summed E-state index contributed by atoms with van der Waals surface area (Å²) in [5.74, 6) is 0.953. The summed E-state index contributed by atoms with van der Waals surface area (Å²) >= 11 is 5.41. The van der Waals surface area contributed by atoms with Crippen molar-refractivity contribution in [2.24, 2.45) is 0 Å². The normalized spacial score (nSPS) is 12.4. The Morgan fingerprint density at radius 1 is 1.35 bits per heavy atom. The number of hydrogen-bond donors (Lipinski definition) is 1. The van der Waals surface area contributed by atoms with Crippen molar-refractivity contribution in [3.05, 3.63) is 49.6 Å². The van der Waals surface area contributed by atoms with Gasteiger partial charge in [-0.05, 0) is 65.0 Å². The summed E-state index contributed by atoms with van der Waals surface area (Å²) in [7, 11) is 1.74. The second kappa shape index (κ2) is 6.74. The average molecular weight is 354 g/mol. The van der Waals surface area contributed by atoms with Crippen LogP contribution >= 0.6 is 27.3 Å². The molecule has 1 heterocycles. The lowest BCUT2D eigenvalue weighted by Crippen LogP contribution is -2.23. The van der Waals surface area contributed by atoms with Gasteiger partial charge in [-0.2, -0.15) is 0 Å². The van der Waals surface area contributed by atoms with Gasteiger partial charge < -0.3 is 10.1 Å². The fourth-order valence-corrected chi connectivity index (χ4v) is 4.21. The molecule has 1 N–H and O–H groups in total. The van der Waals surface area contributed by atoms with E-state index in [9.17, 15) is 0 Å². The average Bonchev–Trinajstić information content (AvgIpc) is 2.82. The van der Waals surface area contributed by atoms with E-state index in [2.05, 4.69) is 65.6 Å². The summed E-state index contributed by atoms with van der Waals surface area (Å²) in [6.45, 7) is 7.29. The summed E-state index contributed by atoms with van der Waals surface area (Å²) in [5.41, 5.74) is 3.71. The third kappa shape index (κ3) is 3.08. The van der Waals surface area contributed by atoms with Gasteiger partial charge in [-0.1, -0.05) is 13.0 Å². The van der Waals surface area contributed by atoms with Crippen LogP contribution in [0.3, 0.4) is 0 Å². The molecule has 0 amide bonds. The molecule has 1 aromatic heterocycles. The first-order chi connectivity index (χ1) is 9.58. The highest BCUT2D eigenvalue weighted by Crippen LogP contribution is 2.39. The molecule has 0 bridgehead atoms. The highest BCUT2D eigenvalue weighted by molar-refractivity contribution is 9.10. The maximum atomic E-state index is 5.62. The first-order valence-corrected chi connectivity index (χ1v) is 8.37. The summed E-state index contributed by atoms with van der Waals surface area (Å²) in [4.78, 5) is 1.29. The number of halogens is 1. The van der Waals surface area contributed by atoms with Gasteiger partial charge in [0.05, 0.1) is 13.2 Å². The molecule has 1 atom stereocenters. The number of nitrogens with one attached hydrogen (secondary N) is 1. The van der Waals surface area contributed by atoms with Crippen molar-refractivity contribution in [1.29, 1.82) is 0 Å². The van der Waals surface area contributed by atoms with Crippen LogP contribution in [0.4, 0.5) is 0 Å². The van der Waals surface area contributed by atoms with Gasteiger partial charge in [-0.3, -0.25) is 0 Å². The molecule has 4 heteroatoms. The first-order valence-electron chi connectivity index (χ1n) is 6.69. The van der Waals surface area contributed by atoms with Crippen molar-refractivity contribution < 1.29 is 4.74 Å². The van der Waals surface area contributed by atoms with E-state index in [0.717, 1.165) is 16.8 Å². The largest absolute Gasteiger partial charge is 0.496 e. The van der Waals surface area contributed by atoms with E-state index in [1.807, 2.05) is 0 Å². The Labute approximate surface area is 133 Å². The molecule has 2 rings (SSSR count). The topological polar surface area (TPSA) is 21.3 Å². The van der Waals surface area contributed by atoms with Crippen molar-refractivity contribution in [1.82, 2.24) is 5.32 Å². The Bertz CT molecular complexity index is 594. The van der Waals surface area contributed by atoms with Crippen LogP contribution in [0.25, 0.3) is 0 Å². The predicted molar refractivity (Wildman–Crippen MR) is 90.0 cm³/mol. The molecule has 0 fully saturated rings. The SMILES string of the molecule is CCNC(c1sccc1Br)c1c(C)cc(C)cc1OC. The Morgan fingerprint density at radius 2 is 2.10 bits per heavy atom. The zero-order valence-electron chi connectivity index (χ0n) is 12.3. The number of thiophene rings is 1. The minimum Gasteiger partial charge on any atom is -0.496 e. The molecule has 2 nitrogen and oxygen atoms in total. The lowest BCUT2D eigenvalue weighted by Gasteiger charge is -2.23. The summed E-state index contributed by atoms with van der Waals surface area (Å²) in [6.07, 6.45) is 0. The first kappa shape index (κ1) is 15.5. The minimum atomic E-state index is 0.157. The molecule has 0 saturated carbocycles. The van der Waals surface area contributed by atoms with E-state index in [0.29, 0.717) is 0 Å². The molecule has 0 aliphatic heterocycles. The summed E-state index contributed by atoms with van der Waals surface area (Å²) in [6, 6.07) is 6.57. The lowest BCUT2D eigenvalue weighted by atomic mass is 9.96. The van der Waals surface area contributed by atoms with Gasteiger partial charge in [0.15, 0.2) is 0 Å². The van der Waals surface area contributed by atoms with Crippen LogP contribution in [0.1, 0.15) is 34.5 Å². The molecule has 108 valence electrons. The molecular formula is C16H20BrNOS. The van der Waals surface area contributed by atoms with Crippen LogP contribution in [0.15, 0.2) is 28.1 Å². The number of ether oxygens (including phenoxy) is 1. The molecule has 2 aromatic rings. The van der Waals surface area contributed by atoms with Crippen molar-refractivity contribution in [3.63, 3.8) is 0 Å². The van der Waals surface area contributed by atoms with E-state index < -0.39 is 0 Å². The van der Waals surface area contributed by atoms with Crippen LogP contribution < -0.4 is 10.1 Å². The maximum Gasteiger partial charge on any atom is 0.124 e. The van der Waals surface area contributed by atoms with Gasteiger partial charge >= 0.3 is 0 Å². The Hall–Kier alpha value is -0.840. The third-order valence-electron chi connectivity index (χ3n) is 3.32. The van der Waals surface area contributed by atoms with Crippen molar-refractivity contribution in [2.75, 3.05) is 13.7 Å². The summed E-state index contributed by atoms with van der Waals surface area (Å²) in [5, 5.41) is 5.69. The third-order valence-corrected chi connectivity index (χ3v) is 5.25. The molecule has 0 aliphatic rings. The summed E-state index contributed by atoms with van der Waals surface area (Å²) < 4.78 is 6.77. The molecule has 0 saturated heterocycles. The van der Waals surface area contributed by atoms with E-state index in [1.54, 1.807) is 18.4 Å². The fraction of sp³-hybridized carbons (Fsp3) is 0.375. The van der Waals surface area contributed by atoms with Crippen LogP contribution in [0.2, 0.25) is 0 Å². The minimum absolute atomic E-state index is 0.157. The van der Waals surface area contributed by atoms with Crippen LogP contribution in [-0.4, -0.2) is 13.7 Å². The van der Waals surface area contributed by atoms with Gasteiger partial charge in [-0.25, -0.2) is 0 Å². The standard InChI is InChI=1S/C16H20BrNOS/c1-5-18-15(16-12(17)6-7-20-16)14-11(3)8-10(2)9-13(14)19-4/h6-9,15,18H,5H2,1-4H3. The number of benzene rings is 1. The highest BCUT2D eigenvalue weighted by Gasteiger charge is 2.23.